The zero-order valence-corrected chi connectivity index (χ0v) is 19.2. The Balaban J connectivity index is 5.59. The van der Waals surface area contributed by atoms with Gasteiger partial charge in [0.2, 0.25) is 17.7 Å². The molecule has 0 aromatic rings. The first-order chi connectivity index (χ1) is 15.2. The zero-order valence-electron chi connectivity index (χ0n) is 19.2. The number of carboxylic acids is 3. The fourth-order valence-corrected chi connectivity index (χ4v) is 2.70. The van der Waals surface area contributed by atoms with Gasteiger partial charge in [-0.1, -0.05) is 34.1 Å². The Morgan fingerprint density at radius 3 is 1.76 bits per heavy atom. The predicted octanol–water partition coefficient (Wildman–Crippen LogP) is -1.11. The number of rotatable bonds is 15. The Bertz CT molecular complexity index is 741. The van der Waals surface area contributed by atoms with Crippen molar-refractivity contribution >= 4 is 35.6 Å². The lowest BCUT2D eigenvalue weighted by Gasteiger charge is -2.28. The molecule has 0 radical (unpaired) electrons. The molecule has 13 nitrogen and oxygen atoms in total. The molecule has 8 N–H and O–H groups in total. The number of aliphatic carboxylic acids is 3. The number of amides is 3. The summed E-state index contributed by atoms with van der Waals surface area (Å²) in [7, 11) is 0. The van der Waals surface area contributed by atoms with Crippen LogP contribution in [-0.4, -0.2) is 75.1 Å². The third-order valence-electron chi connectivity index (χ3n) is 5.09. The first-order valence-corrected chi connectivity index (χ1v) is 10.5. The maximum absolute atomic E-state index is 12.8. The Morgan fingerprint density at radius 1 is 0.788 bits per heavy atom. The molecule has 13 heteroatoms. The Hall–Kier alpha value is -3.22. The number of carbonyl (C=O) groups is 6. The van der Waals surface area contributed by atoms with Gasteiger partial charge in [0.25, 0.3) is 0 Å². The molecule has 33 heavy (non-hydrogen) atoms. The predicted molar refractivity (Wildman–Crippen MR) is 115 cm³/mol. The summed E-state index contributed by atoms with van der Waals surface area (Å²) in [6.07, 6.45) is -1.25. The zero-order chi connectivity index (χ0) is 25.9. The van der Waals surface area contributed by atoms with E-state index in [1.807, 2.05) is 0 Å². The van der Waals surface area contributed by atoms with E-state index in [4.69, 9.17) is 15.9 Å². The Labute approximate surface area is 191 Å². The third-order valence-corrected chi connectivity index (χ3v) is 5.09. The van der Waals surface area contributed by atoms with Crippen molar-refractivity contribution < 1.29 is 44.1 Å². The Kier molecular flexibility index (Phi) is 12.7. The molecule has 5 atom stereocenters. The summed E-state index contributed by atoms with van der Waals surface area (Å²) >= 11 is 0. The normalized spacial score (nSPS) is 15.5. The van der Waals surface area contributed by atoms with Crippen molar-refractivity contribution in [2.24, 2.45) is 17.6 Å². The number of carboxylic acid groups (broad SMARTS) is 3. The van der Waals surface area contributed by atoms with Crippen LogP contribution in [0.5, 0.6) is 0 Å². The molecule has 0 aliphatic carbocycles. The minimum Gasteiger partial charge on any atom is -0.481 e. The van der Waals surface area contributed by atoms with Gasteiger partial charge in [-0.15, -0.1) is 0 Å². The molecule has 0 aliphatic heterocycles. The van der Waals surface area contributed by atoms with Crippen LogP contribution in [0.2, 0.25) is 0 Å². The van der Waals surface area contributed by atoms with Crippen molar-refractivity contribution in [2.75, 3.05) is 0 Å². The van der Waals surface area contributed by atoms with Gasteiger partial charge in [-0.2, -0.15) is 0 Å². The van der Waals surface area contributed by atoms with E-state index < -0.39 is 78.6 Å². The molecule has 0 spiro atoms. The van der Waals surface area contributed by atoms with Crippen LogP contribution in [0.25, 0.3) is 0 Å². The van der Waals surface area contributed by atoms with Crippen LogP contribution >= 0.6 is 0 Å². The highest BCUT2D eigenvalue weighted by Gasteiger charge is 2.33. The second-order valence-corrected chi connectivity index (χ2v) is 8.13. The smallest absolute Gasteiger partial charge is 0.326 e. The largest absolute Gasteiger partial charge is 0.481 e. The molecular weight excluding hydrogens is 440 g/mol. The quantitative estimate of drug-likeness (QED) is 0.151. The molecule has 0 aliphatic rings. The van der Waals surface area contributed by atoms with Gasteiger partial charge in [-0.3, -0.25) is 24.0 Å². The third kappa shape index (κ3) is 10.8. The first-order valence-electron chi connectivity index (χ1n) is 10.5. The minimum absolute atomic E-state index is 0.282. The van der Waals surface area contributed by atoms with Gasteiger partial charge in [0.05, 0.1) is 12.5 Å². The van der Waals surface area contributed by atoms with Crippen molar-refractivity contribution in [3.8, 4) is 0 Å². The summed E-state index contributed by atoms with van der Waals surface area (Å²) in [5.41, 5.74) is 5.74. The number of carbonyl (C=O) groups excluding carboxylic acids is 3. The van der Waals surface area contributed by atoms with Gasteiger partial charge in [0.15, 0.2) is 0 Å². The maximum Gasteiger partial charge on any atom is 0.326 e. The van der Waals surface area contributed by atoms with Gasteiger partial charge >= 0.3 is 17.9 Å². The number of hydrogen-bond acceptors (Lipinski definition) is 7. The molecule has 0 aromatic heterocycles. The lowest BCUT2D eigenvalue weighted by Crippen LogP contribution is -2.59. The number of nitrogens with two attached hydrogens (primary N) is 1. The average Bonchev–Trinajstić information content (AvgIpc) is 2.71. The lowest BCUT2D eigenvalue weighted by molar-refractivity contribution is -0.144. The van der Waals surface area contributed by atoms with E-state index in [0.29, 0.717) is 6.42 Å². The van der Waals surface area contributed by atoms with Crippen LogP contribution in [0, 0.1) is 11.8 Å². The van der Waals surface area contributed by atoms with E-state index in [-0.39, 0.29) is 12.3 Å². The van der Waals surface area contributed by atoms with Crippen molar-refractivity contribution in [3.63, 3.8) is 0 Å². The molecule has 3 amide bonds. The maximum atomic E-state index is 12.8. The molecule has 188 valence electrons. The van der Waals surface area contributed by atoms with Crippen molar-refractivity contribution in [1.82, 2.24) is 16.0 Å². The minimum atomic E-state index is -1.53. The number of nitrogens with one attached hydrogen (secondary N) is 3. The van der Waals surface area contributed by atoms with E-state index in [9.17, 15) is 33.9 Å². The highest BCUT2D eigenvalue weighted by atomic mass is 16.4. The number of hydrogen-bond donors (Lipinski definition) is 7. The first kappa shape index (κ1) is 29.8. The van der Waals surface area contributed by atoms with Crippen molar-refractivity contribution in [3.05, 3.63) is 0 Å². The summed E-state index contributed by atoms with van der Waals surface area (Å²) in [5.74, 6) is -7.42. The van der Waals surface area contributed by atoms with Gasteiger partial charge in [-0.05, 0) is 18.3 Å². The summed E-state index contributed by atoms with van der Waals surface area (Å²) in [4.78, 5) is 71.1. The van der Waals surface area contributed by atoms with E-state index in [2.05, 4.69) is 16.0 Å². The van der Waals surface area contributed by atoms with E-state index >= 15 is 0 Å². The summed E-state index contributed by atoms with van der Waals surface area (Å²) in [6.45, 7) is 6.66. The van der Waals surface area contributed by atoms with Gasteiger partial charge in [0.1, 0.15) is 18.1 Å². The van der Waals surface area contributed by atoms with Crippen molar-refractivity contribution in [1.29, 1.82) is 0 Å². The molecule has 0 aromatic carbocycles. The van der Waals surface area contributed by atoms with E-state index in [0.717, 1.165) is 0 Å². The summed E-state index contributed by atoms with van der Waals surface area (Å²) < 4.78 is 0. The van der Waals surface area contributed by atoms with Crippen LogP contribution in [0.3, 0.4) is 0 Å². The topological polar surface area (TPSA) is 225 Å². The van der Waals surface area contributed by atoms with Crippen LogP contribution < -0.4 is 21.7 Å². The highest BCUT2D eigenvalue weighted by molar-refractivity contribution is 5.95. The molecule has 0 saturated carbocycles. The van der Waals surface area contributed by atoms with Crippen molar-refractivity contribution in [2.45, 2.75) is 77.5 Å². The van der Waals surface area contributed by atoms with Crippen LogP contribution in [0.15, 0.2) is 0 Å². The molecule has 0 saturated heterocycles. The molecule has 0 fully saturated rings. The Morgan fingerprint density at radius 2 is 1.33 bits per heavy atom. The molecule has 0 rings (SSSR count). The van der Waals surface area contributed by atoms with E-state index in [1.165, 1.54) is 0 Å². The van der Waals surface area contributed by atoms with E-state index in [1.54, 1.807) is 27.7 Å². The molecule has 5 unspecified atom stereocenters. The average molecular weight is 475 g/mol. The molecular formula is C20H34N4O9. The lowest BCUT2D eigenvalue weighted by atomic mass is 9.97. The van der Waals surface area contributed by atoms with Crippen LogP contribution in [0.4, 0.5) is 0 Å². The summed E-state index contributed by atoms with van der Waals surface area (Å²) in [6, 6.07) is -5.29. The fraction of sp³-hybridized carbons (Fsp3) is 0.700. The highest BCUT2D eigenvalue weighted by Crippen LogP contribution is 2.11. The SMILES string of the molecule is CCC(C)C(NC(=O)C(CC(=O)O)NC(=O)C(N)C(C)C)C(=O)NC(CCC(=O)O)C(=O)O. The molecule has 0 bridgehead atoms. The summed E-state index contributed by atoms with van der Waals surface area (Å²) in [5, 5.41) is 34.0. The fourth-order valence-electron chi connectivity index (χ4n) is 2.70. The molecule has 0 heterocycles. The van der Waals surface area contributed by atoms with Crippen LogP contribution in [-0.2, 0) is 28.8 Å². The second-order valence-electron chi connectivity index (χ2n) is 8.13. The van der Waals surface area contributed by atoms with Crippen LogP contribution in [0.1, 0.15) is 53.4 Å². The van der Waals surface area contributed by atoms with Gasteiger partial charge < -0.3 is 37.0 Å². The van der Waals surface area contributed by atoms with Gasteiger partial charge in [0, 0.05) is 6.42 Å². The van der Waals surface area contributed by atoms with Gasteiger partial charge in [-0.25, -0.2) is 4.79 Å². The monoisotopic (exact) mass is 474 g/mol. The standard InChI is InChI=1S/C20H34N4O9/c1-5-10(4)16(19(31)22-11(20(32)33)6-7-13(25)26)24-17(29)12(8-14(27)28)23-18(30)15(21)9(2)3/h9-12,15-16H,5-8,21H2,1-4H3,(H,22,31)(H,23,30)(H,24,29)(H,25,26)(H,27,28)(H,32,33). The second kappa shape index (κ2) is 14.0.